The van der Waals surface area contributed by atoms with Gasteiger partial charge in [-0.1, -0.05) is 23.2 Å². The number of sulfone groups is 1. The Morgan fingerprint density at radius 3 is 2.44 bits per heavy atom. The molecule has 1 saturated carbocycles. The number of fused-ring (bicyclic) bond motifs is 1. The van der Waals surface area contributed by atoms with Crippen molar-refractivity contribution in [3.63, 3.8) is 0 Å². The normalized spacial score (nSPS) is 25.8. The van der Waals surface area contributed by atoms with Crippen LogP contribution in [0.5, 0.6) is 0 Å². The van der Waals surface area contributed by atoms with Gasteiger partial charge in [-0.05, 0) is 31.4 Å². The van der Waals surface area contributed by atoms with E-state index in [0.717, 1.165) is 12.8 Å². The summed E-state index contributed by atoms with van der Waals surface area (Å²) < 4.78 is 24.2. The molecule has 1 aromatic carbocycles. The SMILES string of the molecule is O=S1(=O)CCC(NC2CC2)c2c(Cl)ccc(Cl)c21. The highest BCUT2D eigenvalue weighted by atomic mass is 35.5. The number of benzene rings is 1. The summed E-state index contributed by atoms with van der Waals surface area (Å²) in [7, 11) is -3.30. The predicted octanol–water partition coefficient (Wildman–Crippen LogP) is 2.96. The maximum Gasteiger partial charge on any atom is 0.180 e. The molecular formula is C12H13Cl2NO2S. The summed E-state index contributed by atoms with van der Waals surface area (Å²) in [6.45, 7) is 0. The second-order valence-electron chi connectivity index (χ2n) is 4.87. The first kappa shape index (κ1) is 12.7. The van der Waals surface area contributed by atoms with Crippen molar-refractivity contribution in [2.45, 2.75) is 36.2 Å². The highest BCUT2D eigenvalue weighted by Gasteiger charge is 2.36. The molecule has 98 valence electrons. The van der Waals surface area contributed by atoms with E-state index in [-0.39, 0.29) is 21.7 Å². The summed E-state index contributed by atoms with van der Waals surface area (Å²) in [4.78, 5) is 0.223. The molecule has 0 radical (unpaired) electrons. The Morgan fingerprint density at radius 1 is 1.11 bits per heavy atom. The average molecular weight is 306 g/mol. The van der Waals surface area contributed by atoms with E-state index in [0.29, 0.717) is 23.0 Å². The molecule has 0 bridgehead atoms. The fourth-order valence-electron chi connectivity index (χ4n) is 2.41. The minimum atomic E-state index is -3.30. The third kappa shape index (κ3) is 2.16. The zero-order valence-corrected chi connectivity index (χ0v) is 11.9. The van der Waals surface area contributed by atoms with Crippen molar-refractivity contribution in [3.8, 4) is 0 Å². The number of hydrogen-bond donors (Lipinski definition) is 1. The number of hydrogen-bond acceptors (Lipinski definition) is 3. The largest absolute Gasteiger partial charge is 0.307 e. The first-order valence-electron chi connectivity index (χ1n) is 5.96. The fourth-order valence-corrected chi connectivity index (χ4v) is 4.98. The summed E-state index contributed by atoms with van der Waals surface area (Å²) in [5, 5.41) is 4.20. The molecule has 1 aliphatic heterocycles. The van der Waals surface area contributed by atoms with Crippen molar-refractivity contribution >= 4 is 33.0 Å². The first-order chi connectivity index (χ1) is 8.49. The Hall–Kier alpha value is -0.290. The van der Waals surface area contributed by atoms with E-state index in [2.05, 4.69) is 5.32 Å². The fraction of sp³-hybridized carbons (Fsp3) is 0.500. The second kappa shape index (κ2) is 4.37. The van der Waals surface area contributed by atoms with Crippen molar-refractivity contribution in [1.82, 2.24) is 5.32 Å². The first-order valence-corrected chi connectivity index (χ1v) is 8.36. The summed E-state index contributed by atoms with van der Waals surface area (Å²) in [5.74, 6) is 0.129. The van der Waals surface area contributed by atoms with Gasteiger partial charge in [0, 0.05) is 22.7 Å². The molecule has 1 fully saturated rings. The van der Waals surface area contributed by atoms with Gasteiger partial charge in [0.15, 0.2) is 9.84 Å². The molecule has 1 aliphatic carbocycles. The molecule has 0 amide bonds. The van der Waals surface area contributed by atoms with Gasteiger partial charge in [0.1, 0.15) is 0 Å². The van der Waals surface area contributed by atoms with Gasteiger partial charge in [-0.3, -0.25) is 0 Å². The monoisotopic (exact) mass is 305 g/mol. The third-order valence-electron chi connectivity index (χ3n) is 3.44. The lowest BCUT2D eigenvalue weighted by Crippen LogP contribution is -2.31. The molecular weight excluding hydrogens is 293 g/mol. The van der Waals surface area contributed by atoms with Gasteiger partial charge in [-0.25, -0.2) is 8.42 Å². The highest BCUT2D eigenvalue weighted by Crippen LogP contribution is 2.42. The maximum atomic E-state index is 12.1. The van der Waals surface area contributed by atoms with Crippen LogP contribution in [0.2, 0.25) is 10.0 Å². The van der Waals surface area contributed by atoms with E-state index in [9.17, 15) is 8.42 Å². The van der Waals surface area contributed by atoms with Crippen molar-refractivity contribution in [2.24, 2.45) is 0 Å². The van der Waals surface area contributed by atoms with Gasteiger partial charge in [-0.2, -0.15) is 0 Å². The van der Waals surface area contributed by atoms with Crippen LogP contribution in [0.15, 0.2) is 17.0 Å². The molecule has 3 rings (SSSR count). The Labute approximate surface area is 116 Å². The Balaban J connectivity index is 2.14. The highest BCUT2D eigenvalue weighted by molar-refractivity contribution is 7.91. The van der Waals surface area contributed by atoms with Crippen molar-refractivity contribution in [3.05, 3.63) is 27.7 Å². The Kier molecular flexibility index (Phi) is 3.09. The van der Waals surface area contributed by atoms with Gasteiger partial charge < -0.3 is 5.32 Å². The van der Waals surface area contributed by atoms with Crippen molar-refractivity contribution < 1.29 is 8.42 Å². The zero-order chi connectivity index (χ0) is 12.9. The van der Waals surface area contributed by atoms with Crippen molar-refractivity contribution in [1.29, 1.82) is 0 Å². The quantitative estimate of drug-likeness (QED) is 0.914. The molecule has 0 aromatic heterocycles. The van der Waals surface area contributed by atoms with E-state index in [4.69, 9.17) is 23.2 Å². The van der Waals surface area contributed by atoms with Crippen LogP contribution in [0.25, 0.3) is 0 Å². The number of rotatable bonds is 2. The van der Waals surface area contributed by atoms with Crippen LogP contribution in [-0.4, -0.2) is 20.2 Å². The molecule has 18 heavy (non-hydrogen) atoms. The minimum absolute atomic E-state index is 0.00206. The van der Waals surface area contributed by atoms with E-state index >= 15 is 0 Å². The molecule has 6 heteroatoms. The topological polar surface area (TPSA) is 46.2 Å². The lowest BCUT2D eigenvalue weighted by molar-refractivity contribution is 0.490. The van der Waals surface area contributed by atoms with E-state index in [1.807, 2.05) is 0 Å². The summed E-state index contributed by atoms with van der Waals surface area (Å²) in [6, 6.07) is 3.73. The summed E-state index contributed by atoms with van der Waals surface area (Å²) >= 11 is 12.2. The van der Waals surface area contributed by atoms with Gasteiger partial charge in [0.25, 0.3) is 0 Å². The standard InChI is InChI=1S/C12H13Cl2NO2S/c13-8-3-4-9(14)12-11(8)10(15-7-1-2-7)5-6-18(12,16)17/h3-4,7,10,15H,1-2,5-6H2. The molecule has 1 N–H and O–H groups in total. The molecule has 2 aliphatic rings. The Bertz CT molecular complexity index is 596. The van der Waals surface area contributed by atoms with Crippen molar-refractivity contribution in [2.75, 3.05) is 5.75 Å². The van der Waals surface area contributed by atoms with Gasteiger partial charge in [0.2, 0.25) is 0 Å². The van der Waals surface area contributed by atoms with Crippen LogP contribution in [0, 0.1) is 0 Å². The van der Waals surface area contributed by atoms with Gasteiger partial charge in [0.05, 0.1) is 15.7 Å². The number of nitrogens with one attached hydrogen (secondary N) is 1. The maximum absolute atomic E-state index is 12.1. The summed E-state index contributed by atoms with van der Waals surface area (Å²) in [6.07, 6.45) is 2.86. The van der Waals surface area contributed by atoms with Crippen LogP contribution >= 0.6 is 23.2 Å². The van der Waals surface area contributed by atoms with Gasteiger partial charge in [-0.15, -0.1) is 0 Å². The lowest BCUT2D eigenvalue weighted by atomic mass is 10.0. The zero-order valence-electron chi connectivity index (χ0n) is 9.62. The second-order valence-corrected chi connectivity index (χ2v) is 7.73. The van der Waals surface area contributed by atoms with Crippen LogP contribution in [0.1, 0.15) is 30.9 Å². The number of halogens is 2. The molecule has 1 unspecified atom stereocenters. The van der Waals surface area contributed by atoms with E-state index < -0.39 is 9.84 Å². The van der Waals surface area contributed by atoms with Crippen LogP contribution in [-0.2, 0) is 9.84 Å². The Morgan fingerprint density at radius 2 is 1.78 bits per heavy atom. The van der Waals surface area contributed by atoms with Crippen LogP contribution < -0.4 is 5.32 Å². The van der Waals surface area contributed by atoms with Crippen LogP contribution in [0.3, 0.4) is 0 Å². The summed E-state index contributed by atoms with van der Waals surface area (Å²) in [5.41, 5.74) is 0.655. The van der Waals surface area contributed by atoms with E-state index in [1.54, 1.807) is 12.1 Å². The molecule has 0 spiro atoms. The third-order valence-corrected chi connectivity index (χ3v) is 6.04. The van der Waals surface area contributed by atoms with Crippen LogP contribution in [0.4, 0.5) is 0 Å². The minimum Gasteiger partial charge on any atom is -0.307 e. The smallest absolute Gasteiger partial charge is 0.180 e. The van der Waals surface area contributed by atoms with Gasteiger partial charge >= 0.3 is 0 Å². The predicted molar refractivity (Wildman–Crippen MR) is 72.0 cm³/mol. The average Bonchev–Trinajstić information content (AvgIpc) is 3.10. The lowest BCUT2D eigenvalue weighted by Gasteiger charge is -2.28. The van der Waals surface area contributed by atoms with E-state index in [1.165, 1.54) is 0 Å². The molecule has 1 heterocycles. The molecule has 0 saturated heterocycles. The molecule has 1 aromatic rings. The molecule has 1 atom stereocenters. The molecule has 3 nitrogen and oxygen atoms in total.